The normalized spacial score (nSPS) is 8.90. The lowest BCUT2D eigenvalue weighted by molar-refractivity contribution is 0.581. The molecule has 0 radical (unpaired) electrons. The van der Waals surface area contributed by atoms with Gasteiger partial charge >= 0.3 is 0 Å². The second-order valence-corrected chi connectivity index (χ2v) is 1.94. The Morgan fingerprint density at radius 1 is 1.60 bits per heavy atom. The summed E-state index contributed by atoms with van der Waals surface area (Å²) in [5, 5.41) is 0. The van der Waals surface area contributed by atoms with E-state index in [-0.39, 0.29) is 0 Å². The van der Waals surface area contributed by atoms with E-state index in [1.165, 1.54) is 6.07 Å². The summed E-state index contributed by atoms with van der Waals surface area (Å²) >= 11 is 0. The van der Waals surface area contributed by atoms with Gasteiger partial charge < -0.3 is 0 Å². The Labute approximate surface area is 58.9 Å². The third-order valence-corrected chi connectivity index (χ3v) is 1.20. The van der Waals surface area contributed by atoms with Gasteiger partial charge in [0.25, 0.3) is 0 Å². The van der Waals surface area contributed by atoms with Crippen molar-refractivity contribution in [3.8, 4) is 12.3 Å². The smallest absolute Gasteiger partial charge is 0.211 e. The molecule has 0 atom stereocenters. The summed E-state index contributed by atoms with van der Waals surface area (Å²) in [6.07, 6.45) is 5.04. The summed E-state index contributed by atoms with van der Waals surface area (Å²) in [5.74, 6) is 1.76. The van der Waals surface area contributed by atoms with Gasteiger partial charge in [-0.2, -0.15) is 4.39 Å². The zero-order valence-electron chi connectivity index (χ0n) is 5.56. The van der Waals surface area contributed by atoms with Crippen molar-refractivity contribution < 1.29 is 4.39 Å². The Morgan fingerprint density at radius 3 is 2.80 bits per heavy atom. The second kappa shape index (κ2) is 2.49. The molecule has 0 spiro atoms. The molecule has 0 bridgehead atoms. The van der Waals surface area contributed by atoms with Crippen LogP contribution in [0.4, 0.5) is 4.39 Å². The number of hydrogen-bond donors (Lipinski definition) is 0. The molecule has 1 rings (SSSR count). The minimum Gasteiger partial charge on any atom is -0.211 e. The van der Waals surface area contributed by atoms with Crippen molar-refractivity contribution in [1.82, 2.24) is 4.98 Å². The molecule has 1 heterocycles. The summed E-state index contributed by atoms with van der Waals surface area (Å²) in [6, 6.07) is 2.90. The van der Waals surface area contributed by atoms with Crippen LogP contribution in [0.25, 0.3) is 0 Å². The van der Waals surface area contributed by atoms with Crippen LogP contribution in [-0.4, -0.2) is 4.98 Å². The Bertz CT molecular complexity index is 286. The maximum atomic E-state index is 12.3. The molecule has 0 saturated heterocycles. The van der Waals surface area contributed by atoms with Crippen molar-refractivity contribution in [1.29, 1.82) is 0 Å². The lowest BCUT2D eigenvalue weighted by atomic mass is 10.2. The molecule has 0 unspecified atom stereocenters. The van der Waals surface area contributed by atoms with Crippen LogP contribution in [0.2, 0.25) is 0 Å². The predicted octanol–water partition coefficient (Wildman–Crippen LogP) is 1.51. The van der Waals surface area contributed by atoms with Crippen molar-refractivity contribution in [3.05, 3.63) is 29.3 Å². The quantitative estimate of drug-likeness (QED) is 0.388. The van der Waals surface area contributed by atoms with Crippen molar-refractivity contribution in [2.45, 2.75) is 6.92 Å². The number of aromatic nitrogens is 1. The van der Waals surface area contributed by atoms with Crippen LogP contribution in [0.15, 0.2) is 12.1 Å². The Balaban J connectivity index is 3.25. The van der Waals surface area contributed by atoms with Crippen molar-refractivity contribution in [2.24, 2.45) is 0 Å². The van der Waals surface area contributed by atoms with Gasteiger partial charge in [-0.3, -0.25) is 0 Å². The van der Waals surface area contributed by atoms with Gasteiger partial charge in [-0.1, -0.05) is 6.07 Å². The molecule has 0 aliphatic carbocycles. The standard InChI is InChI=1S/C8H6FN/c1-3-7-6(2)4-5-8(9)10-7/h1,4-5H,2H3. The SMILES string of the molecule is C#Cc1nc(F)ccc1C. The van der Waals surface area contributed by atoms with Crippen LogP contribution in [0, 0.1) is 25.2 Å². The number of halogens is 1. The summed E-state index contributed by atoms with van der Waals surface area (Å²) in [4.78, 5) is 3.49. The first-order valence-corrected chi connectivity index (χ1v) is 2.84. The minimum absolute atomic E-state index is 0.375. The second-order valence-electron chi connectivity index (χ2n) is 1.94. The number of hydrogen-bond acceptors (Lipinski definition) is 1. The molecule has 10 heavy (non-hydrogen) atoms. The van der Waals surface area contributed by atoms with Gasteiger partial charge in [-0.25, -0.2) is 4.98 Å². The van der Waals surface area contributed by atoms with E-state index in [4.69, 9.17) is 6.42 Å². The van der Waals surface area contributed by atoms with E-state index in [9.17, 15) is 4.39 Å². The molecule has 0 aliphatic heterocycles. The minimum atomic E-state index is -0.529. The van der Waals surface area contributed by atoms with Crippen LogP contribution in [0.3, 0.4) is 0 Å². The lowest BCUT2D eigenvalue weighted by Gasteiger charge is -1.94. The molecule has 1 aromatic heterocycles. The van der Waals surface area contributed by atoms with Crippen LogP contribution in [0.5, 0.6) is 0 Å². The van der Waals surface area contributed by atoms with Gasteiger partial charge in [-0.15, -0.1) is 6.42 Å². The number of nitrogens with zero attached hydrogens (tertiary/aromatic N) is 1. The van der Waals surface area contributed by atoms with Crippen molar-refractivity contribution >= 4 is 0 Å². The van der Waals surface area contributed by atoms with Gasteiger partial charge in [-0.05, 0) is 24.5 Å². The molecular weight excluding hydrogens is 129 g/mol. The largest absolute Gasteiger partial charge is 0.214 e. The lowest BCUT2D eigenvalue weighted by Crippen LogP contribution is -1.90. The van der Waals surface area contributed by atoms with Crippen LogP contribution in [-0.2, 0) is 0 Å². The molecule has 50 valence electrons. The highest BCUT2D eigenvalue weighted by Crippen LogP contribution is 2.02. The fourth-order valence-corrected chi connectivity index (χ4v) is 0.651. The molecule has 1 nitrogen and oxygen atoms in total. The van der Waals surface area contributed by atoms with Crippen LogP contribution >= 0.6 is 0 Å². The first kappa shape index (κ1) is 6.76. The molecular formula is C8H6FN. The molecule has 0 aromatic carbocycles. The summed E-state index contributed by atoms with van der Waals surface area (Å²) in [6.45, 7) is 1.79. The summed E-state index contributed by atoms with van der Waals surface area (Å²) in [5.41, 5.74) is 1.20. The third kappa shape index (κ3) is 1.14. The van der Waals surface area contributed by atoms with Crippen LogP contribution < -0.4 is 0 Å². The van der Waals surface area contributed by atoms with Crippen LogP contribution in [0.1, 0.15) is 11.3 Å². The molecule has 1 aromatic rings. The number of rotatable bonds is 0. The maximum absolute atomic E-state index is 12.3. The maximum Gasteiger partial charge on any atom is 0.214 e. The summed E-state index contributed by atoms with van der Waals surface area (Å²) in [7, 11) is 0. The van der Waals surface area contributed by atoms with Gasteiger partial charge in [0.1, 0.15) is 5.69 Å². The van der Waals surface area contributed by atoms with Gasteiger partial charge in [0, 0.05) is 0 Å². The van der Waals surface area contributed by atoms with Crippen molar-refractivity contribution in [2.75, 3.05) is 0 Å². The Morgan fingerprint density at radius 2 is 2.30 bits per heavy atom. The van der Waals surface area contributed by atoms with E-state index >= 15 is 0 Å². The van der Waals surface area contributed by atoms with E-state index in [1.807, 2.05) is 0 Å². The van der Waals surface area contributed by atoms with E-state index in [2.05, 4.69) is 10.9 Å². The van der Waals surface area contributed by atoms with E-state index < -0.39 is 5.95 Å². The monoisotopic (exact) mass is 135 g/mol. The average molecular weight is 135 g/mol. The topological polar surface area (TPSA) is 12.9 Å². The zero-order chi connectivity index (χ0) is 7.56. The molecule has 0 fully saturated rings. The van der Waals surface area contributed by atoms with Gasteiger partial charge in [0.2, 0.25) is 5.95 Å². The van der Waals surface area contributed by atoms with E-state index in [1.54, 1.807) is 13.0 Å². The van der Waals surface area contributed by atoms with Gasteiger partial charge in [0.15, 0.2) is 0 Å². The van der Waals surface area contributed by atoms with E-state index in [0.717, 1.165) is 5.56 Å². The molecule has 0 amide bonds. The molecule has 0 aliphatic rings. The number of aryl methyl sites for hydroxylation is 1. The molecule has 0 saturated carbocycles. The van der Waals surface area contributed by atoms with E-state index in [0.29, 0.717) is 5.69 Å². The Hall–Kier alpha value is -1.36. The molecule has 2 heteroatoms. The number of pyridine rings is 1. The number of terminal acetylenes is 1. The van der Waals surface area contributed by atoms with Gasteiger partial charge in [0.05, 0.1) is 0 Å². The average Bonchev–Trinajstić information content (AvgIpc) is 1.94. The third-order valence-electron chi connectivity index (χ3n) is 1.20. The molecule has 0 N–H and O–H groups in total. The first-order chi connectivity index (χ1) is 4.74. The summed E-state index contributed by atoms with van der Waals surface area (Å²) < 4.78 is 12.3. The Kier molecular flexibility index (Phi) is 1.68. The predicted molar refractivity (Wildman–Crippen MR) is 36.9 cm³/mol. The van der Waals surface area contributed by atoms with Crippen molar-refractivity contribution in [3.63, 3.8) is 0 Å². The first-order valence-electron chi connectivity index (χ1n) is 2.84. The highest BCUT2D eigenvalue weighted by Gasteiger charge is 1.96. The highest BCUT2D eigenvalue weighted by molar-refractivity contribution is 5.32. The fourth-order valence-electron chi connectivity index (χ4n) is 0.651. The fraction of sp³-hybridized carbons (Fsp3) is 0.125. The zero-order valence-corrected chi connectivity index (χ0v) is 5.56. The highest BCUT2D eigenvalue weighted by atomic mass is 19.1.